The van der Waals surface area contributed by atoms with Crippen LogP contribution in [0.2, 0.25) is 0 Å². The highest BCUT2D eigenvalue weighted by Gasteiger charge is 2.08. The minimum absolute atomic E-state index is 0.170. The topological polar surface area (TPSA) is 17.1 Å². The van der Waals surface area contributed by atoms with Gasteiger partial charge in [0.2, 0.25) is 0 Å². The Kier molecular flexibility index (Phi) is 3.87. The van der Waals surface area contributed by atoms with Crippen LogP contribution in [0.5, 0.6) is 0 Å². The zero-order valence-electron chi connectivity index (χ0n) is 9.21. The number of carbonyl (C=O) groups is 1. The molecule has 0 heterocycles. The van der Waals surface area contributed by atoms with Crippen molar-refractivity contribution in [2.45, 2.75) is 33.6 Å². The number of ketones is 1. The Bertz CT molecular complexity index is 315. The van der Waals surface area contributed by atoms with Crippen molar-refractivity contribution in [3.63, 3.8) is 0 Å². The summed E-state index contributed by atoms with van der Waals surface area (Å²) in [6, 6.07) is 7.91. The van der Waals surface area contributed by atoms with E-state index >= 15 is 0 Å². The van der Waals surface area contributed by atoms with Crippen molar-refractivity contribution in [3.05, 3.63) is 35.4 Å². The van der Waals surface area contributed by atoms with Gasteiger partial charge in [-0.05, 0) is 24.8 Å². The van der Waals surface area contributed by atoms with Crippen LogP contribution in [0.3, 0.4) is 0 Å². The second kappa shape index (κ2) is 4.94. The van der Waals surface area contributed by atoms with Crippen molar-refractivity contribution in [1.29, 1.82) is 0 Å². The van der Waals surface area contributed by atoms with Gasteiger partial charge in [-0.1, -0.05) is 44.5 Å². The van der Waals surface area contributed by atoms with E-state index in [2.05, 4.69) is 19.9 Å². The molecule has 1 heteroatoms. The minimum Gasteiger partial charge on any atom is -0.295 e. The van der Waals surface area contributed by atoms with E-state index in [-0.39, 0.29) is 5.78 Å². The zero-order chi connectivity index (χ0) is 10.6. The molecule has 0 N–H and O–H groups in total. The van der Waals surface area contributed by atoms with Crippen molar-refractivity contribution < 1.29 is 4.79 Å². The largest absolute Gasteiger partial charge is 0.295 e. The van der Waals surface area contributed by atoms with Gasteiger partial charge in [-0.25, -0.2) is 0 Å². The molecule has 76 valence electrons. The Balaban J connectivity index is 2.90. The maximum absolute atomic E-state index is 11.3. The van der Waals surface area contributed by atoms with E-state index in [4.69, 9.17) is 0 Å². The summed E-state index contributed by atoms with van der Waals surface area (Å²) in [5, 5.41) is 0. The van der Waals surface area contributed by atoms with Gasteiger partial charge in [-0.3, -0.25) is 4.79 Å². The molecule has 0 aromatic heterocycles. The van der Waals surface area contributed by atoms with Gasteiger partial charge in [-0.15, -0.1) is 0 Å². The molecular weight excluding hydrogens is 172 g/mol. The first-order chi connectivity index (χ1) is 6.65. The van der Waals surface area contributed by atoms with Crippen LogP contribution < -0.4 is 0 Å². The van der Waals surface area contributed by atoms with E-state index in [1.165, 1.54) is 5.56 Å². The molecule has 0 saturated heterocycles. The molecule has 0 bridgehead atoms. The van der Waals surface area contributed by atoms with Crippen molar-refractivity contribution in [2.24, 2.45) is 5.92 Å². The summed E-state index contributed by atoms with van der Waals surface area (Å²) in [6.45, 7) is 6.04. The fraction of sp³-hybridized carbons (Fsp3) is 0.462. The summed E-state index contributed by atoms with van der Waals surface area (Å²) in [6.07, 6.45) is 2.17. The number of carbonyl (C=O) groups excluding carboxylic acids is 1. The van der Waals surface area contributed by atoms with Gasteiger partial charge in [-0.2, -0.15) is 0 Å². The third kappa shape index (κ3) is 2.69. The Labute approximate surface area is 86.1 Å². The van der Waals surface area contributed by atoms with E-state index < -0.39 is 0 Å². The third-order valence-electron chi connectivity index (χ3n) is 2.66. The van der Waals surface area contributed by atoms with Crippen LogP contribution in [0.1, 0.15) is 43.1 Å². The lowest BCUT2D eigenvalue weighted by Crippen LogP contribution is -2.04. The number of rotatable bonds is 4. The van der Waals surface area contributed by atoms with Crippen LogP contribution in [0.4, 0.5) is 0 Å². The first-order valence-electron chi connectivity index (χ1n) is 5.24. The van der Waals surface area contributed by atoms with Crippen LogP contribution in [0, 0.1) is 5.92 Å². The van der Waals surface area contributed by atoms with Crippen LogP contribution >= 0.6 is 0 Å². The van der Waals surface area contributed by atoms with Crippen molar-refractivity contribution in [1.82, 2.24) is 0 Å². The van der Waals surface area contributed by atoms with Gasteiger partial charge in [0.15, 0.2) is 5.78 Å². The SMILES string of the molecule is CCC(C)Cc1ccccc1C(C)=O. The average Bonchev–Trinajstić information content (AvgIpc) is 2.18. The molecule has 1 aromatic carbocycles. The molecule has 1 rings (SSSR count). The molecule has 0 aliphatic carbocycles. The fourth-order valence-corrected chi connectivity index (χ4v) is 1.56. The molecule has 0 aliphatic rings. The summed E-state index contributed by atoms with van der Waals surface area (Å²) in [5.41, 5.74) is 2.07. The van der Waals surface area contributed by atoms with E-state index in [9.17, 15) is 4.79 Å². The summed E-state index contributed by atoms with van der Waals surface area (Å²) in [5.74, 6) is 0.819. The first-order valence-corrected chi connectivity index (χ1v) is 5.24. The van der Waals surface area contributed by atoms with Gasteiger partial charge in [0, 0.05) is 5.56 Å². The van der Waals surface area contributed by atoms with E-state index in [1.807, 2.05) is 18.2 Å². The van der Waals surface area contributed by atoms with E-state index in [1.54, 1.807) is 6.92 Å². The summed E-state index contributed by atoms with van der Waals surface area (Å²) >= 11 is 0. The van der Waals surface area contributed by atoms with Gasteiger partial charge in [0.25, 0.3) is 0 Å². The van der Waals surface area contributed by atoms with E-state index in [0.29, 0.717) is 5.92 Å². The maximum Gasteiger partial charge on any atom is 0.160 e. The smallest absolute Gasteiger partial charge is 0.160 e. The number of benzene rings is 1. The first kappa shape index (κ1) is 11.0. The lowest BCUT2D eigenvalue weighted by atomic mass is 9.94. The Hall–Kier alpha value is -1.11. The summed E-state index contributed by atoms with van der Waals surface area (Å²) in [4.78, 5) is 11.3. The Morgan fingerprint density at radius 1 is 1.36 bits per heavy atom. The summed E-state index contributed by atoms with van der Waals surface area (Å²) in [7, 11) is 0. The molecule has 1 unspecified atom stereocenters. The molecular formula is C13H18O. The van der Waals surface area contributed by atoms with Gasteiger partial charge in [0.05, 0.1) is 0 Å². The van der Waals surface area contributed by atoms with Crippen LogP contribution in [-0.4, -0.2) is 5.78 Å². The third-order valence-corrected chi connectivity index (χ3v) is 2.66. The lowest BCUT2D eigenvalue weighted by molar-refractivity contribution is 0.101. The van der Waals surface area contributed by atoms with Gasteiger partial charge in [0.1, 0.15) is 0 Å². The zero-order valence-corrected chi connectivity index (χ0v) is 9.21. The maximum atomic E-state index is 11.3. The quantitative estimate of drug-likeness (QED) is 0.664. The minimum atomic E-state index is 0.170. The molecule has 0 aliphatic heterocycles. The summed E-state index contributed by atoms with van der Waals surface area (Å²) < 4.78 is 0. The van der Waals surface area contributed by atoms with Crippen LogP contribution in [0.25, 0.3) is 0 Å². The second-order valence-electron chi connectivity index (χ2n) is 3.93. The molecule has 1 atom stereocenters. The molecule has 0 radical (unpaired) electrons. The molecule has 0 amide bonds. The van der Waals surface area contributed by atoms with Crippen molar-refractivity contribution >= 4 is 5.78 Å². The molecule has 1 nitrogen and oxygen atoms in total. The van der Waals surface area contributed by atoms with Gasteiger partial charge < -0.3 is 0 Å². The highest BCUT2D eigenvalue weighted by atomic mass is 16.1. The van der Waals surface area contributed by atoms with Crippen molar-refractivity contribution in [3.8, 4) is 0 Å². The molecule has 1 aromatic rings. The molecule has 0 spiro atoms. The highest BCUT2D eigenvalue weighted by Crippen LogP contribution is 2.16. The average molecular weight is 190 g/mol. The number of Topliss-reactive ketones (excluding diaryl/α,β-unsaturated/α-hetero) is 1. The highest BCUT2D eigenvalue weighted by molar-refractivity contribution is 5.95. The molecule has 14 heavy (non-hydrogen) atoms. The normalized spacial score (nSPS) is 12.5. The molecule has 0 saturated carbocycles. The lowest BCUT2D eigenvalue weighted by Gasteiger charge is -2.11. The predicted molar refractivity (Wildman–Crippen MR) is 59.6 cm³/mol. The van der Waals surface area contributed by atoms with Crippen LogP contribution in [0.15, 0.2) is 24.3 Å². The Morgan fingerprint density at radius 2 is 2.00 bits per heavy atom. The standard InChI is InChI=1S/C13H18O/c1-4-10(2)9-12-7-5-6-8-13(12)11(3)14/h5-8,10H,4,9H2,1-3H3. The fourth-order valence-electron chi connectivity index (χ4n) is 1.56. The number of hydrogen-bond donors (Lipinski definition) is 0. The van der Waals surface area contributed by atoms with Gasteiger partial charge >= 0.3 is 0 Å². The predicted octanol–water partition coefficient (Wildman–Crippen LogP) is 3.48. The molecule has 0 fully saturated rings. The second-order valence-corrected chi connectivity index (χ2v) is 3.93. The van der Waals surface area contributed by atoms with Crippen LogP contribution in [-0.2, 0) is 6.42 Å². The van der Waals surface area contributed by atoms with Crippen molar-refractivity contribution in [2.75, 3.05) is 0 Å². The monoisotopic (exact) mass is 190 g/mol. The van der Waals surface area contributed by atoms with E-state index in [0.717, 1.165) is 18.4 Å². The Morgan fingerprint density at radius 3 is 2.57 bits per heavy atom. The number of hydrogen-bond acceptors (Lipinski definition) is 1.